The lowest BCUT2D eigenvalue weighted by molar-refractivity contribution is -0.148. The number of hydrogen-bond acceptors (Lipinski definition) is 8. The summed E-state index contributed by atoms with van der Waals surface area (Å²) in [5, 5.41) is 4.58. The van der Waals surface area contributed by atoms with Crippen molar-refractivity contribution >= 4 is 16.9 Å². The molecule has 0 saturated carbocycles. The molecule has 26 heavy (non-hydrogen) atoms. The van der Waals surface area contributed by atoms with Gasteiger partial charge in [0.25, 0.3) is 5.89 Å². The highest BCUT2D eigenvalue weighted by molar-refractivity contribution is 5.78. The fraction of sp³-hybridized carbons (Fsp3) is 0.333. The molecule has 2 aromatic heterocycles. The van der Waals surface area contributed by atoms with Crippen LogP contribution >= 0.6 is 0 Å². The van der Waals surface area contributed by atoms with Gasteiger partial charge < -0.3 is 18.4 Å². The van der Waals surface area contributed by atoms with E-state index in [0.717, 1.165) is 5.39 Å². The van der Waals surface area contributed by atoms with Crippen molar-refractivity contribution in [1.82, 2.24) is 10.1 Å². The Balaban J connectivity index is 1.51. The Hall–Kier alpha value is -3.16. The third-order valence-electron chi connectivity index (χ3n) is 3.41. The predicted octanol–water partition coefficient (Wildman–Crippen LogP) is 2.50. The van der Waals surface area contributed by atoms with Gasteiger partial charge in [-0.25, -0.2) is 9.59 Å². The third-order valence-corrected chi connectivity index (χ3v) is 3.41. The number of fused-ring (bicyclic) bond motifs is 1. The SMILES string of the molecule is CC(C)Cc1noc(COC(=O)COc2ccc3ccc(=O)oc3c2)n1. The Morgan fingerprint density at radius 2 is 2.04 bits per heavy atom. The van der Waals surface area contributed by atoms with Gasteiger partial charge >= 0.3 is 11.6 Å². The number of rotatable bonds is 7. The van der Waals surface area contributed by atoms with Gasteiger partial charge in [0.1, 0.15) is 11.3 Å². The smallest absolute Gasteiger partial charge is 0.344 e. The topological polar surface area (TPSA) is 105 Å². The van der Waals surface area contributed by atoms with Gasteiger partial charge in [0.2, 0.25) is 0 Å². The highest BCUT2D eigenvalue weighted by atomic mass is 16.6. The second kappa shape index (κ2) is 7.81. The number of nitrogens with zero attached hydrogens (tertiary/aromatic N) is 2. The molecule has 1 aromatic carbocycles. The van der Waals surface area contributed by atoms with Crippen molar-refractivity contribution in [2.75, 3.05) is 6.61 Å². The van der Waals surface area contributed by atoms with Crippen LogP contribution in [-0.4, -0.2) is 22.7 Å². The average molecular weight is 358 g/mol. The lowest BCUT2D eigenvalue weighted by Crippen LogP contribution is -2.15. The summed E-state index contributed by atoms with van der Waals surface area (Å²) in [4.78, 5) is 27.2. The maximum absolute atomic E-state index is 11.8. The first-order valence-corrected chi connectivity index (χ1v) is 8.13. The monoisotopic (exact) mass is 358 g/mol. The van der Waals surface area contributed by atoms with Crippen molar-refractivity contribution in [2.45, 2.75) is 26.9 Å². The summed E-state index contributed by atoms with van der Waals surface area (Å²) >= 11 is 0. The van der Waals surface area contributed by atoms with E-state index in [9.17, 15) is 9.59 Å². The summed E-state index contributed by atoms with van der Waals surface area (Å²) in [7, 11) is 0. The van der Waals surface area contributed by atoms with Crippen LogP contribution in [0.15, 0.2) is 44.1 Å². The number of benzene rings is 1. The second-order valence-electron chi connectivity index (χ2n) is 6.11. The van der Waals surface area contributed by atoms with Gasteiger partial charge in [0.15, 0.2) is 19.0 Å². The molecule has 3 aromatic rings. The number of esters is 1. The van der Waals surface area contributed by atoms with Gasteiger partial charge in [-0.1, -0.05) is 19.0 Å². The Kier molecular flexibility index (Phi) is 5.31. The molecule has 0 saturated heterocycles. The molecule has 0 bridgehead atoms. The molecule has 3 rings (SSSR count). The van der Waals surface area contributed by atoms with Crippen LogP contribution in [0.25, 0.3) is 11.0 Å². The maximum Gasteiger partial charge on any atom is 0.344 e. The summed E-state index contributed by atoms with van der Waals surface area (Å²) in [6.07, 6.45) is 0.693. The third kappa shape index (κ3) is 4.69. The first-order chi connectivity index (χ1) is 12.5. The standard InChI is InChI=1S/C18H18N2O6/c1-11(2)7-15-19-16(26-20-15)9-24-18(22)10-23-13-5-3-12-4-6-17(21)25-14(12)8-13/h3-6,8,11H,7,9-10H2,1-2H3. The minimum Gasteiger partial charge on any atom is -0.482 e. The van der Waals surface area contributed by atoms with Gasteiger partial charge in [-0.2, -0.15) is 4.98 Å². The number of aromatic nitrogens is 2. The Morgan fingerprint density at radius 1 is 1.23 bits per heavy atom. The quantitative estimate of drug-likeness (QED) is 0.469. The van der Waals surface area contributed by atoms with Crippen molar-refractivity contribution in [3.8, 4) is 5.75 Å². The largest absolute Gasteiger partial charge is 0.482 e. The molecule has 0 aliphatic heterocycles. The van der Waals surface area contributed by atoms with E-state index in [2.05, 4.69) is 10.1 Å². The molecule has 0 N–H and O–H groups in total. The van der Waals surface area contributed by atoms with Crippen molar-refractivity contribution in [3.63, 3.8) is 0 Å². The van der Waals surface area contributed by atoms with E-state index in [4.69, 9.17) is 18.4 Å². The van der Waals surface area contributed by atoms with E-state index in [1.54, 1.807) is 24.3 Å². The minimum absolute atomic E-state index is 0.111. The fourth-order valence-electron chi connectivity index (χ4n) is 2.25. The molecule has 0 amide bonds. The van der Waals surface area contributed by atoms with E-state index in [1.807, 2.05) is 13.8 Å². The first kappa shape index (κ1) is 17.7. The Labute approximate surface area is 148 Å². The number of hydrogen-bond donors (Lipinski definition) is 0. The van der Waals surface area contributed by atoms with Crippen molar-refractivity contribution in [2.24, 2.45) is 5.92 Å². The van der Waals surface area contributed by atoms with Crippen molar-refractivity contribution in [3.05, 3.63) is 52.5 Å². The van der Waals surface area contributed by atoms with Crippen LogP contribution in [0.1, 0.15) is 25.6 Å². The zero-order chi connectivity index (χ0) is 18.5. The second-order valence-corrected chi connectivity index (χ2v) is 6.11. The highest BCUT2D eigenvalue weighted by Crippen LogP contribution is 2.19. The van der Waals surface area contributed by atoms with Gasteiger partial charge in [0.05, 0.1) is 0 Å². The Morgan fingerprint density at radius 3 is 2.85 bits per heavy atom. The van der Waals surface area contributed by atoms with E-state index in [0.29, 0.717) is 29.5 Å². The maximum atomic E-state index is 11.8. The summed E-state index contributed by atoms with van der Waals surface area (Å²) in [5.41, 5.74) is -0.0719. The van der Waals surface area contributed by atoms with Crippen LogP contribution in [-0.2, 0) is 22.6 Å². The number of carbonyl (C=O) groups excluding carboxylic acids is 1. The van der Waals surface area contributed by atoms with Crippen LogP contribution in [0.3, 0.4) is 0 Å². The number of ether oxygens (including phenoxy) is 2. The molecular weight excluding hydrogens is 340 g/mol. The predicted molar refractivity (Wildman–Crippen MR) is 90.6 cm³/mol. The van der Waals surface area contributed by atoms with Crippen molar-refractivity contribution in [1.29, 1.82) is 0 Å². The molecule has 0 aliphatic carbocycles. The van der Waals surface area contributed by atoms with E-state index in [-0.39, 0.29) is 19.1 Å². The van der Waals surface area contributed by atoms with Gasteiger partial charge in [-0.15, -0.1) is 0 Å². The zero-order valence-electron chi connectivity index (χ0n) is 14.4. The van der Waals surface area contributed by atoms with Gasteiger partial charge in [-0.05, 0) is 24.1 Å². The molecule has 0 radical (unpaired) electrons. The normalized spacial score (nSPS) is 11.0. The van der Waals surface area contributed by atoms with Crippen molar-refractivity contribution < 1.29 is 23.2 Å². The molecule has 0 spiro atoms. The molecule has 8 nitrogen and oxygen atoms in total. The molecule has 136 valence electrons. The van der Waals surface area contributed by atoms with E-state index in [1.165, 1.54) is 6.07 Å². The average Bonchev–Trinajstić information content (AvgIpc) is 3.04. The van der Waals surface area contributed by atoms with Crippen LogP contribution in [0.4, 0.5) is 0 Å². The molecule has 0 fully saturated rings. The first-order valence-electron chi connectivity index (χ1n) is 8.13. The lowest BCUT2D eigenvalue weighted by Gasteiger charge is -2.06. The minimum atomic E-state index is -0.580. The molecule has 2 heterocycles. The molecular formula is C18H18N2O6. The number of carbonyl (C=O) groups is 1. The van der Waals surface area contributed by atoms with Crippen LogP contribution in [0.5, 0.6) is 5.75 Å². The summed E-state index contributed by atoms with van der Waals surface area (Å²) in [6.45, 7) is 3.69. The zero-order valence-corrected chi connectivity index (χ0v) is 14.4. The fourth-order valence-corrected chi connectivity index (χ4v) is 2.25. The molecule has 0 unspecified atom stereocenters. The highest BCUT2D eigenvalue weighted by Gasteiger charge is 2.11. The van der Waals surface area contributed by atoms with Crippen LogP contribution < -0.4 is 10.4 Å². The Bertz CT molecular complexity index is 959. The lowest BCUT2D eigenvalue weighted by atomic mass is 10.1. The molecule has 0 atom stereocenters. The molecule has 0 aliphatic rings. The summed E-state index contributed by atoms with van der Waals surface area (Å²) in [6, 6.07) is 7.93. The van der Waals surface area contributed by atoms with Crippen LogP contribution in [0.2, 0.25) is 0 Å². The van der Waals surface area contributed by atoms with Gasteiger partial charge in [0, 0.05) is 23.9 Å². The molecule has 8 heteroatoms. The summed E-state index contributed by atoms with van der Waals surface area (Å²) in [5.74, 6) is 1.04. The summed E-state index contributed by atoms with van der Waals surface area (Å²) < 4.78 is 20.5. The van der Waals surface area contributed by atoms with E-state index >= 15 is 0 Å². The van der Waals surface area contributed by atoms with Crippen LogP contribution in [0, 0.1) is 5.92 Å². The van der Waals surface area contributed by atoms with Gasteiger partial charge in [-0.3, -0.25) is 0 Å². The van der Waals surface area contributed by atoms with E-state index < -0.39 is 11.6 Å².